The van der Waals surface area contributed by atoms with E-state index >= 15 is 0 Å². The van der Waals surface area contributed by atoms with Crippen LogP contribution in [0.2, 0.25) is 10.0 Å². The zero-order chi connectivity index (χ0) is 14.5. The summed E-state index contributed by atoms with van der Waals surface area (Å²) in [7, 11) is 0. The van der Waals surface area contributed by atoms with E-state index < -0.39 is 0 Å². The fourth-order valence-corrected chi connectivity index (χ4v) is 2.34. The van der Waals surface area contributed by atoms with Crippen molar-refractivity contribution < 1.29 is 4.79 Å². The van der Waals surface area contributed by atoms with E-state index in [-0.39, 0.29) is 5.91 Å². The molecular weight excluding hydrogens is 295 g/mol. The molecule has 0 saturated carbocycles. The first-order valence-electron chi connectivity index (χ1n) is 6.20. The number of nitrogens with zero attached hydrogens (tertiary/aromatic N) is 1. The molecule has 0 fully saturated rings. The van der Waals surface area contributed by atoms with Gasteiger partial charge in [0, 0.05) is 29.0 Å². The Bertz CT molecular complexity index is 629. The van der Waals surface area contributed by atoms with Gasteiger partial charge in [0.1, 0.15) is 0 Å². The van der Waals surface area contributed by atoms with Gasteiger partial charge in [-0.25, -0.2) is 0 Å². The summed E-state index contributed by atoms with van der Waals surface area (Å²) in [6.07, 6.45) is 3.89. The molecule has 0 aliphatic heterocycles. The van der Waals surface area contributed by atoms with Crippen molar-refractivity contribution in [2.75, 3.05) is 6.54 Å². The number of hydrogen-bond acceptors (Lipinski definition) is 2. The molecule has 0 aliphatic rings. The van der Waals surface area contributed by atoms with Crippen LogP contribution in [0.1, 0.15) is 21.5 Å². The van der Waals surface area contributed by atoms with Gasteiger partial charge in [-0.2, -0.15) is 0 Å². The monoisotopic (exact) mass is 308 g/mol. The molecule has 104 valence electrons. The Hall–Kier alpha value is -1.58. The summed E-state index contributed by atoms with van der Waals surface area (Å²) in [4.78, 5) is 15.9. The summed E-state index contributed by atoms with van der Waals surface area (Å²) in [5.41, 5.74) is 2.45. The van der Waals surface area contributed by atoms with Crippen molar-refractivity contribution in [1.82, 2.24) is 10.3 Å². The molecule has 3 nitrogen and oxygen atoms in total. The third-order valence-corrected chi connectivity index (χ3v) is 3.57. The van der Waals surface area contributed by atoms with Crippen LogP contribution in [0.25, 0.3) is 0 Å². The van der Waals surface area contributed by atoms with Crippen LogP contribution in [0, 0.1) is 6.92 Å². The fourth-order valence-electron chi connectivity index (χ4n) is 1.83. The number of rotatable bonds is 4. The Labute approximate surface area is 127 Å². The standard InChI is InChI=1S/C15H14Cl2N2O/c1-10-4-6-18-9-13(10)15(20)19-7-5-11-2-3-12(16)8-14(11)17/h2-4,6,8-9H,5,7H2,1H3,(H,19,20). The lowest BCUT2D eigenvalue weighted by Crippen LogP contribution is -2.26. The van der Waals surface area contributed by atoms with Gasteiger partial charge in [0.15, 0.2) is 0 Å². The minimum atomic E-state index is -0.124. The summed E-state index contributed by atoms with van der Waals surface area (Å²) in [5.74, 6) is -0.124. The number of carbonyl (C=O) groups is 1. The third-order valence-electron chi connectivity index (χ3n) is 2.98. The van der Waals surface area contributed by atoms with Gasteiger partial charge < -0.3 is 5.32 Å². The predicted molar refractivity (Wildman–Crippen MR) is 81.5 cm³/mol. The largest absolute Gasteiger partial charge is 0.352 e. The molecule has 0 unspecified atom stereocenters. The first-order chi connectivity index (χ1) is 9.58. The van der Waals surface area contributed by atoms with E-state index in [0.717, 1.165) is 11.1 Å². The SMILES string of the molecule is Cc1ccncc1C(=O)NCCc1ccc(Cl)cc1Cl. The van der Waals surface area contributed by atoms with Crippen molar-refractivity contribution in [3.63, 3.8) is 0 Å². The van der Waals surface area contributed by atoms with E-state index in [0.29, 0.717) is 28.6 Å². The Morgan fingerprint density at radius 2 is 2.10 bits per heavy atom. The highest BCUT2D eigenvalue weighted by atomic mass is 35.5. The molecule has 1 heterocycles. The summed E-state index contributed by atoms with van der Waals surface area (Å²) in [6.45, 7) is 2.39. The first kappa shape index (κ1) is 14.8. The molecule has 2 rings (SSSR count). The van der Waals surface area contributed by atoms with Crippen LogP contribution in [0.15, 0.2) is 36.7 Å². The molecule has 0 saturated heterocycles. The van der Waals surface area contributed by atoms with E-state index in [1.165, 1.54) is 0 Å². The van der Waals surface area contributed by atoms with Crippen LogP contribution in [0.3, 0.4) is 0 Å². The van der Waals surface area contributed by atoms with Crippen molar-refractivity contribution in [3.8, 4) is 0 Å². The zero-order valence-corrected chi connectivity index (χ0v) is 12.5. The molecule has 0 radical (unpaired) electrons. The maximum absolute atomic E-state index is 12.0. The maximum Gasteiger partial charge on any atom is 0.253 e. The lowest BCUT2D eigenvalue weighted by molar-refractivity contribution is 0.0953. The lowest BCUT2D eigenvalue weighted by Gasteiger charge is -2.08. The molecule has 0 atom stereocenters. The van der Waals surface area contributed by atoms with Crippen molar-refractivity contribution in [3.05, 3.63) is 63.4 Å². The number of halogens is 2. The lowest BCUT2D eigenvalue weighted by atomic mass is 10.1. The van der Waals surface area contributed by atoms with Crippen molar-refractivity contribution in [1.29, 1.82) is 0 Å². The highest BCUT2D eigenvalue weighted by Gasteiger charge is 2.08. The molecular formula is C15H14Cl2N2O. The number of aromatic nitrogens is 1. The number of hydrogen-bond donors (Lipinski definition) is 1. The summed E-state index contributed by atoms with van der Waals surface area (Å²) >= 11 is 11.9. The molecule has 20 heavy (non-hydrogen) atoms. The number of pyridine rings is 1. The van der Waals surface area contributed by atoms with Gasteiger partial charge in [0.25, 0.3) is 5.91 Å². The fraction of sp³-hybridized carbons (Fsp3) is 0.200. The van der Waals surface area contributed by atoms with Gasteiger partial charge in [-0.05, 0) is 42.7 Å². The van der Waals surface area contributed by atoms with Crippen LogP contribution < -0.4 is 5.32 Å². The van der Waals surface area contributed by atoms with Gasteiger partial charge in [-0.1, -0.05) is 29.3 Å². The molecule has 1 aromatic heterocycles. The Balaban J connectivity index is 1.93. The summed E-state index contributed by atoms with van der Waals surface area (Å²) in [5, 5.41) is 4.08. The van der Waals surface area contributed by atoms with Crippen molar-refractivity contribution in [2.45, 2.75) is 13.3 Å². The number of nitrogens with one attached hydrogen (secondary N) is 1. The van der Waals surface area contributed by atoms with Crippen LogP contribution in [-0.2, 0) is 6.42 Å². The van der Waals surface area contributed by atoms with Crippen LogP contribution >= 0.6 is 23.2 Å². The molecule has 1 N–H and O–H groups in total. The topological polar surface area (TPSA) is 42.0 Å². The molecule has 0 bridgehead atoms. The van der Waals surface area contributed by atoms with Gasteiger partial charge >= 0.3 is 0 Å². The van der Waals surface area contributed by atoms with Crippen LogP contribution in [0.5, 0.6) is 0 Å². The minimum Gasteiger partial charge on any atom is -0.352 e. The van der Waals surface area contributed by atoms with Crippen LogP contribution in [0.4, 0.5) is 0 Å². The van der Waals surface area contributed by atoms with Gasteiger partial charge in [0.2, 0.25) is 0 Å². The molecule has 1 aromatic carbocycles. The number of aryl methyl sites for hydroxylation is 1. The van der Waals surface area contributed by atoms with Gasteiger partial charge in [-0.3, -0.25) is 9.78 Å². The van der Waals surface area contributed by atoms with E-state index in [1.807, 2.05) is 19.1 Å². The highest BCUT2D eigenvalue weighted by Crippen LogP contribution is 2.21. The Kier molecular flexibility index (Phi) is 4.99. The van der Waals surface area contributed by atoms with Gasteiger partial charge in [0.05, 0.1) is 5.56 Å². The van der Waals surface area contributed by atoms with Gasteiger partial charge in [-0.15, -0.1) is 0 Å². The second-order valence-corrected chi connectivity index (χ2v) is 5.28. The predicted octanol–water partition coefficient (Wildman–Crippen LogP) is 3.67. The third kappa shape index (κ3) is 3.71. The maximum atomic E-state index is 12.0. The summed E-state index contributed by atoms with van der Waals surface area (Å²) in [6, 6.07) is 7.17. The second kappa shape index (κ2) is 6.73. The molecule has 2 aromatic rings. The molecule has 0 aliphatic carbocycles. The van der Waals surface area contributed by atoms with Crippen LogP contribution in [-0.4, -0.2) is 17.4 Å². The number of carbonyl (C=O) groups excluding carboxylic acids is 1. The summed E-state index contributed by atoms with van der Waals surface area (Å²) < 4.78 is 0. The van der Waals surface area contributed by atoms with Crippen molar-refractivity contribution in [2.24, 2.45) is 0 Å². The highest BCUT2D eigenvalue weighted by molar-refractivity contribution is 6.35. The van der Waals surface area contributed by atoms with E-state index in [2.05, 4.69) is 10.3 Å². The van der Waals surface area contributed by atoms with E-state index in [4.69, 9.17) is 23.2 Å². The van der Waals surface area contributed by atoms with E-state index in [1.54, 1.807) is 24.5 Å². The normalized spacial score (nSPS) is 10.3. The quantitative estimate of drug-likeness (QED) is 0.936. The zero-order valence-electron chi connectivity index (χ0n) is 11.0. The van der Waals surface area contributed by atoms with Crippen molar-refractivity contribution >= 4 is 29.1 Å². The second-order valence-electron chi connectivity index (χ2n) is 4.43. The molecule has 0 spiro atoms. The number of amides is 1. The minimum absolute atomic E-state index is 0.124. The average Bonchev–Trinajstić information content (AvgIpc) is 2.41. The Morgan fingerprint density at radius 3 is 2.80 bits per heavy atom. The Morgan fingerprint density at radius 1 is 1.30 bits per heavy atom. The number of benzene rings is 1. The smallest absolute Gasteiger partial charge is 0.253 e. The first-order valence-corrected chi connectivity index (χ1v) is 6.96. The van der Waals surface area contributed by atoms with E-state index in [9.17, 15) is 4.79 Å². The average molecular weight is 309 g/mol. The molecule has 5 heteroatoms. The molecule has 1 amide bonds.